The van der Waals surface area contributed by atoms with Crippen molar-refractivity contribution in [2.75, 3.05) is 20.2 Å². The van der Waals surface area contributed by atoms with Crippen molar-refractivity contribution in [3.63, 3.8) is 0 Å². The predicted octanol–water partition coefficient (Wildman–Crippen LogP) is 2.33. The topological polar surface area (TPSA) is 54.4 Å². The summed E-state index contributed by atoms with van der Waals surface area (Å²) in [5.74, 6) is 0.844. The molecule has 0 aliphatic carbocycles. The number of methoxy groups -OCH3 is 1. The second-order valence-corrected chi connectivity index (χ2v) is 5.57. The normalized spacial score (nSPS) is 12.3. The molecule has 0 fully saturated rings. The van der Waals surface area contributed by atoms with E-state index >= 15 is 0 Å². The van der Waals surface area contributed by atoms with E-state index in [1.165, 1.54) is 0 Å². The fourth-order valence-electron chi connectivity index (χ4n) is 1.91. The zero-order valence-electron chi connectivity index (χ0n) is 11.8. The SMILES string of the molecule is COc1ccccc1-c1csc(CCNCC(C)O)n1. The number of hydrogen-bond donors (Lipinski definition) is 2. The lowest BCUT2D eigenvalue weighted by Crippen LogP contribution is -2.26. The number of aliphatic hydroxyl groups is 1. The molecule has 5 heteroatoms. The minimum atomic E-state index is -0.310. The van der Waals surface area contributed by atoms with Crippen LogP contribution in [0, 0.1) is 0 Å². The van der Waals surface area contributed by atoms with Crippen LogP contribution in [0.2, 0.25) is 0 Å². The Labute approximate surface area is 123 Å². The highest BCUT2D eigenvalue weighted by atomic mass is 32.1. The summed E-state index contributed by atoms with van der Waals surface area (Å²) in [7, 11) is 1.67. The molecule has 2 aromatic rings. The average molecular weight is 292 g/mol. The van der Waals surface area contributed by atoms with Crippen LogP contribution in [0.1, 0.15) is 11.9 Å². The van der Waals surface area contributed by atoms with E-state index in [4.69, 9.17) is 4.74 Å². The number of benzene rings is 1. The van der Waals surface area contributed by atoms with Gasteiger partial charge in [0.2, 0.25) is 0 Å². The van der Waals surface area contributed by atoms with Crippen LogP contribution in [-0.4, -0.2) is 36.4 Å². The second kappa shape index (κ2) is 7.38. The zero-order chi connectivity index (χ0) is 14.4. The molecule has 0 aliphatic rings. The van der Waals surface area contributed by atoms with Gasteiger partial charge in [-0.2, -0.15) is 0 Å². The molecule has 0 bridgehead atoms. The number of ether oxygens (including phenoxy) is 1. The third-order valence-electron chi connectivity index (χ3n) is 2.89. The van der Waals surface area contributed by atoms with Crippen molar-refractivity contribution in [1.82, 2.24) is 10.3 Å². The van der Waals surface area contributed by atoms with E-state index in [2.05, 4.69) is 15.7 Å². The van der Waals surface area contributed by atoms with Gasteiger partial charge in [-0.15, -0.1) is 11.3 Å². The van der Waals surface area contributed by atoms with Crippen LogP contribution in [0.25, 0.3) is 11.3 Å². The maximum absolute atomic E-state index is 9.17. The Balaban J connectivity index is 1.98. The molecule has 1 aromatic carbocycles. The Kier molecular flexibility index (Phi) is 5.52. The standard InChI is InChI=1S/C15H20N2O2S/c1-11(18)9-16-8-7-15-17-13(10-20-15)12-5-3-4-6-14(12)19-2/h3-6,10-11,16,18H,7-9H2,1-2H3. The molecule has 0 amide bonds. The summed E-state index contributed by atoms with van der Waals surface area (Å²) in [6.07, 6.45) is 0.558. The highest BCUT2D eigenvalue weighted by Gasteiger charge is 2.09. The number of aliphatic hydroxyl groups excluding tert-OH is 1. The molecule has 108 valence electrons. The van der Waals surface area contributed by atoms with Gasteiger partial charge < -0.3 is 15.2 Å². The predicted molar refractivity (Wildman–Crippen MR) is 82.4 cm³/mol. The van der Waals surface area contributed by atoms with Gasteiger partial charge in [-0.05, 0) is 19.1 Å². The van der Waals surface area contributed by atoms with Crippen LogP contribution in [0.15, 0.2) is 29.6 Å². The van der Waals surface area contributed by atoms with Gasteiger partial charge >= 0.3 is 0 Å². The largest absolute Gasteiger partial charge is 0.496 e. The van der Waals surface area contributed by atoms with Gasteiger partial charge in [0, 0.05) is 30.5 Å². The highest BCUT2D eigenvalue weighted by Crippen LogP contribution is 2.30. The van der Waals surface area contributed by atoms with Gasteiger partial charge in [-0.1, -0.05) is 12.1 Å². The lowest BCUT2D eigenvalue weighted by Gasteiger charge is -2.05. The second-order valence-electron chi connectivity index (χ2n) is 4.63. The summed E-state index contributed by atoms with van der Waals surface area (Å²) in [6, 6.07) is 7.90. The Bertz CT molecular complexity index is 540. The van der Waals surface area contributed by atoms with Crippen molar-refractivity contribution in [3.8, 4) is 17.0 Å². The highest BCUT2D eigenvalue weighted by molar-refractivity contribution is 7.09. The van der Waals surface area contributed by atoms with Crippen molar-refractivity contribution in [1.29, 1.82) is 0 Å². The molecule has 4 nitrogen and oxygen atoms in total. The van der Waals surface area contributed by atoms with Crippen LogP contribution in [0.3, 0.4) is 0 Å². The van der Waals surface area contributed by atoms with E-state index in [0.717, 1.165) is 35.0 Å². The molecule has 0 saturated heterocycles. The number of rotatable bonds is 7. The Hall–Kier alpha value is -1.43. The number of nitrogens with zero attached hydrogens (tertiary/aromatic N) is 1. The Morgan fingerprint density at radius 1 is 1.40 bits per heavy atom. The first-order chi connectivity index (χ1) is 9.70. The van der Waals surface area contributed by atoms with E-state index in [1.807, 2.05) is 24.3 Å². The van der Waals surface area contributed by atoms with E-state index in [1.54, 1.807) is 25.4 Å². The maximum atomic E-state index is 9.17. The molecule has 1 aromatic heterocycles. The number of para-hydroxylation sites is 1. The van der Waals surface area contributed by atoms with Crippen LogP contribution < -0.4 is 10.1 Å². The van der Waals surface area contributed by atoms with Gasteiger partial charge in [0.25, 0.3) is 0 Å². The van der Waals surface area contributed by atoms with Gasteiger partial charge in [-0.3, -0.25) is 0 Å². The third kappa shape index (κ3) is 4.03. The molecule has 2 N–H and O–H groups in total. The van der Waals surface area contributed by atoms with Crippen molar-refractivity contribution < 1.29 is 9.84 Å². The van der Waals surface area contributed by atoms with E-state index in [9.17, 15) is 5.11 Å². The molecular formula is C15H20N2O2S. The van der Waals surface area contributed by atoms with Crippen LogP contribution in [0.4, 0.5) is 0 Å². The third-order valence-corrected chi connectivity index (χ3v) is 3.80. The summed E-state index contributed by atoms with van der Waals surface area (Å²) in [5, 5.41) is 15.5. The first kappa shape index (κ1) is 15.0. The number of aromatic nitrogens is 1. The fraction of sp³-hybridized carbons (Fsp3) is 0.400. The zero-order valence-corrected chi connectivity index (χ0v) is 12.6. The average Bonchev–Trinajstić information content (AvgIpc) is 2.92. The van der Waals surface area contributed by atoms with E-state index in [-0.39, 0.29) is 6.10 Å². The first-order valence-corrected chi connectivity index (χ1v) is 7.55. The molecular weight excluding hydrogens is 272 g/mol. The first-order valence-electron chi connectivity index (χ1n) is 6.67. The van der Waals surface area contributed by atoms with Crippen molar-refractivity contribution >= 4 is 11.3 Å². The molecule has 0 spiro atoms. The fourth-order valence-corrected chi connectivity index (χ4v) is 2.71. The molecule has 0 aliphatic heterocycles. The molecule has 0 radical (unpaired) electrons. The van der Waals surface area contributed by atoms with Crippen molar-refractivity contribution in [2.45, 2.75) is 19.4 Å². The quantitative estimate of drug-likeness (QED) is 0.769. The van der Waals surface area contributed by atoms with Gasteiger partial charge in [-0.25, -0.2) is 4.98 Å². The minimum Gasteiger partial charge on any atom is -0.496 e. The van der Waals surface area contributed by atoms with E-state index < -0.39 is 0 Å². The Morgan fingerprint density at radius 2 is 2.20 bits per heavy atom. The van der Waals surface area contributed by atoms with Crippen molar-refractivity contribution in [3.05, 3.63) is 34.7 Å². The molecule has 0 saturated carbocycles. The molecule has 20 heavy (non-hydrogen) atoms. The summed E-state index contributed by atoms with van der Waals surface area (Å²) >= 11 is 1.65. The number of hydrogen-bond acceptors (Lipinski definition) is 5. The Morgan fingerprint density at radius 3 is 2.95 bits per heavy atom. The lowest BCUT2D eigenvalue weighted by molar-refractivity contribution is 0.191. The van der Waals surface area contributed by atoms with Gasteiger partial charge in [0.1, 0.15) is 5.75 Å². The number of thiazole rings is 1. The van der Waals surface area contributed by atoms with Gasteiger partial charge in [0.05, 0.1) is 23.9 Å². The van der Waals surface area contributed by atoms with E-state index in [0.29, 0.717) is 6.54 Å². The smallest absolute Gasteiger partial charge is 0.128 e. The summed E-state index contributed by atoms with van der Waals surface area (Å²) in [6.45, 7) is 3.21. The van der Waals surface area contributed by atoms with Crippen molar-refractivity contribution in [2.24, 2.45) is 0 Å². The van der Waals surface area contributed by atoms with Crippen LogP contribution in [0.5, 0.6) is 5.75 Å². The molecule has 1 atom stereocenters. The van der Waals surface area contributed by atoms with Crippen LogP contribution in [-0.2, 0) is 6.42 Å². The van der Waals surface area contributed by atoms with Gasteiger partial charge in [0.15, 0.2) is 0 Å². The maximum Gasteiger partial charge on any atom is 0.128 e. The molecule has 1 heterocycles. The monoisotopic (exact) mass is 292 g/mol. The van der Waals surface area contributed by atoms with Crippen LogP contribution >= 0.6 is 11.3 Å². The minimum absolute atomic E-state index is 0.310. The summed E-state index contributed by atoms with van der Waals surface area (Å²) in [5.41, 5.74) is 1.98. The lowest BCUT2D eigenvalue weighted by atomic mass is 10.1. The number of nitrogens with one attached hydrogen (secondary N) is 1. The molecule has 2 rings (SSSR count). The summed E-state index contributed by atoms with van der Waals surface area (Å²) < 4.78 is 5.36. The molecule has 1 unspecified atom stereocenters. The summed E-state index contributed by atoms with van der Waals surface area (Å²) in [4.78, 5) is 4.64.